The smallest absolute Gasteiger partial charge is 0.357 e. The maximum absolute atomic E-state index is 13.3. The molecule has 1 amide bonds. The van der Waals surface area contributed by atoms with Crippen LogP contribution in [0.25, 0.3) is 0 Å². The van der Waals surface area contributed by atoms with E-state index in [2.05, 4.69) is 15.3 Å². The largest absolute Gasteiger partial charge is 0.448 e. The number of nitrogens with zero attached hydrogens (tertiary/aromatic N) is 2. The van der Waals surface area contributed by atoms with Crippen molar-refractivity contribution in [1.29, 1.82) is 0 Å². The molecule has 2 aliphatic rings. The summed E-state index contributed by atoms with van der Waals surface area (Å²) in [6.07, 6.45) is 2.65. The number of aromatic nitrogens is 2. The zero-order chi connectivity index (χ0) is 22.1. The van der Waals surface area contributed by atoms with E-state index in [1.807, 2.05) is 60.7 Å². The highest BCUT2D eigenvalue weighted by Crippen LogP contribution is 2.43. The van der Waals surface area contributed by atoms with Crippen molar-refractivity contribution >= 4 is 41.2 Å². The number of anilines is 1. The van der Waals surface area contributed by atoms with Gasteiger partial charge in [-0.3, -0.25) is 9.69 Å². The minimum atomic E-state index is -0.622. The van der Waals surface area contributed by atoms with Crippen molar-refractivity contribution in [3.63, 3.8) is 0 Å². The highest BCUT2D eigenvalue weighted by Gasteiger charge is 2.54. The Morgan fingerprint density at radius 1 is 1.16 bits per heavy atom. The topological polar surface area (TPSA) is 87.3 Å². The first-order valence-corrected chi connectivity index (χ1v) is 11.5. The Labute approximate surface area is 193 Å². The third kappa shape index (κ3) is 3.76. The summed E-state index contributed by atoms with van der Waals surface area (Å²) in [4.78, 5) is 34.7. The maximum Gasteiger partial charge on any atom is 0.357 e. The average Bonchev–Trinajstić information content (AvgIpc) is 3.35. The van der Waals surface area contributed by atoms with Gasteiger partial charge < -0.3 is 15.0 Å². The van der Waals surface area contributed by atoms with Crippen LogP contribution in [-0.4, -0.2) is 43.9 Å². The van der Waals surface area contributed by atoms with Crippen LogP contribution in [0.15, 0.2) is 83.8 Å². The first-order chi connectivity index (χ1) is 15.6. The molecule has 0 radical (unpaired) electrons. The lowest BCUT2D eigenvalue weighted by atomic mass is 10.0. The van der Waals surface area contributed by atoms with Crippen LogP contribution < -0.4 is 5.32 Å². The number of hydrogen-bond donors (Lipinski definition) is 2. The van der Waals surface area contributed by atoms with Crippen LogP contribution in [0.4, 0.5) is 5.95 Å². The number of halogens is 1. The Hall–Kier alpha value is -3.23. The van der Waals surface area contributed by atoms with E-state index in [4.69, 9.17) is 16.3 Å². The van der Waals surface area contributed by atoms with Crippen molar-refractivity contribution in [3.05, 3.63) is 94.9 Å². The number of hydrogen-bond acceptors (Lipinski definition) is 6. The van der Waals surface area contributed by atoms with Crippen molar-refractivity contribution in [3.8, 4) is 0 Å². The average molecular weight is 467 g/mol. The van der Waals surface area contributed by atoms with Gasteiger partial charge in [0.05, 0.1) is 5.03 Å². The third-order valence-corrected chi connectivity index (χ3v) is 7.09. The molecule has 162 valence electrons. The second kappa shape index (κ2) is 8.72. The number of benzene rings is 2. The molecule has 0 spiro atoms. The predicted molar refractivity (Wildman–Crippen MR) is 123 cm³/mol. The summed E-state index contributed by atoms with van der Waals surface area (Å²) in [5.74, 6) is 0.0436. The Balaban J connectivity index is 1.40. The molecule has 2 atom stereocenters. The standard InChI is InChI=1S/C23H19ClN4O3S/c24-16-13-32-21-17(27-23-25-11-12-26-23)20(29)28(21)18(16)22(30)31-19(14-7-3-1-4-8-14)15-9-5-2-6-10-15/h1-12,17,19,21H,13H2,(H2,25,26,27)/t17?,21-/m1/s1. The van der Waals surface area contributed by atoms with Crippen LogP contribution in [0.5, 0.6) is 0 Å². The number of thioether (sulfide) groups is 1. The van der Waals surface area contributed by atoms with Crippen LogP contribution in [0.1, 0.15) is 17.2 Å². The number of ether oxygens (including phenoxy) is 1. The van der Waals surface area contributed by atoms with Gasteiger partial charge in [0.2, 0.25) is 5.95 Å². The molecule has 0 saturated carbocycles. The molecule has 1 aromatic heterocycles. The number of fused-ring (bicyclic) bond motifs is 1. The Kier molecular flexibility index (Phi) is 5.63. The predicted octanol–water partition coefficient (Wildman–Crippen LogP) is 3.89. The lowest BCUT2D eigenvalue weighted by Gasteiger charge is -2.49. The molecule has 0 aliphatic carbocycles. The van der Waals surface area contributed by atoms with E-state index in [1.54, 1.807) is 12.4 Å². The zero-order valence-corrected chi connectivity index (χ0v) is 18.3. The second-order valence-electron chi connectivity index (χ2n) is 7.33. The van der Waals surface area contributed by atoms with Crippen molar-refractivity contribution < 1.29 is 14.3 Å². The van der Waals surface area contributed by atoms with Gasteiger partial charge in [0.1, 0.15) is 17.1 Å². The number of carbonyl (C=O) groups is 2. The molecule has 9 heteroatoms. The molecule has 1 unspecified atom stereocenters. The van der Waals surface area contributed by atoms with Crippen LogP contribution in [-0.2, 0) is 14.3 Å². The van der Waals surface area contributed by atoms with E-state index >= 15 is 0 Å². The van der Waals surface area contributed by atoms with Gasteiger partial charge in [0.25, 0.3) is 5.91 Å². The van der Waals surface area contributed by atoms with E-state index in [9.17, 15) is 9.59 Å². The quantitative estimate of drug-likeness (QED) is 0.423. The minimum Gasteiger partial charge on any atom is -0.448 e. The number of amides is 1. The summed E-state index contributed by atoms with van der Waals surface area (Å²) < 4.78 is 5.95. The first-order valence-electron chi connectivity index (χ1n) is 10.0. The summed E-state index contributed by atoms with van der Waals surface area (Å²) in [5.41, 5.74) is 1.77. The molecule has 3 aromatic rings. The molecule has 0 bridgehead atoms. The van der Waals surface area contributed by atoms with E-state index in [0.717, 1.165) is 11.1 Å². The molecule has 32 heavy (non-hydrogen) atoms. The Morgan fingerprint density at radius 2 is 1.81 bits per heavy atom. The monoisotopic (exact) mass is 466 g/mol. The number of H-pyrrole nitrogens is 1. The number of imidazole rings is 1. The van der Waals surface area contributed by atoms with E-state index in [-0.39, 0.29) is 17.0 Å². The second-order valence-corrected chi connectivity index (χ2v) is 8.89. The third-order valence-electron chi connectivity index (χ3n) is 5.34. The number of carbonyl (C=O) groups excluding carboxylic acids is 2. The minimum absolute atomic E-state index is 0.106. The van der Waals surface area contributed by atoms with Crippen molar-refractivity contribution in [1.82, 2.24) is 14.9 Å². The molecule has 2 N–H and O–H groups in total. The number of β-lactam (4-membered cyclic amide) rings is 1. The molecule has 5 rings (SSSR count). The highest BCUT2D eigenvalue weighted by molar-refractivity contribution is 8.00. The summed E-state index contributed by atoms with van der Waals surface area (Å²) in [7, 11) is 0. The highest BCUT2D eigenvalue weighted by atomic mass is 35.5. The zero-order valence-electron chi connectivity index (χ0n) is 16.8. The van der Waals surface area contributed by atoms with Crippen LogP contribution in [0, 0.1) is 0 Å². The molecule has 3 heterocycles. The van der Waals surface area contributed by atoms with Crippen molar-refractivity contribution in [2.75, 3.05) is 11.1 Å². The van der Waals surface area contributed by atoms with Crippen molar-refractivity contribution in [2.24, 2.45) is 0 Å². The van der Waals surface area contributed by atoms with Gasteiger partial charge in [-0.2, -0.15) is 0 Å². The lowest BCUT2D eigenvalue weighted by Crippen LogP contribution is -2.67. The van der Waals surface area contributed by atoms with Crippen molar-refractivity contribution in [2.45, 2.75) is 17.5 Å². The van der Waals surface area contributed by atoms with Gasteiger partial charge in [0.15, 0.2) is 6.10 Å². The molecule has 2 aromatic carbocycles. The summed E-state index contributed by atoms with van der Waals surface area (Å²) in [6, 6.07) is 18.5. The molecule has 7 nitrogen and oxygen atoms in total. The summed E-state index contributed by atoms with van der Waals surface area (Å²) in [6.45, 7) is 0. The van der Waals surface area contributed by atoms with Gasteiger partial charge in [-0.05, 0) is 11.1 Å². The Morgan fingerprint density at radius 3 is 2.41 bits per heavy atom. The van der Waals surface area contributed by atoms with Gasteiger partial charge in [0, 0.05) is 18.1 Å². The van der Waals surface area contributed by atoms with E-state index in [1.165, 1.54) is 16.7 Å². The van der Waals surface area contributed by atoms with Crippen LogP contribution in [0.3, 0.4) is 0 Å². The number of nitrogens with one attached hydrogen (secondary N) is 2. The summed E-state index contributed by atoms with van der Waals surface area (Å²) in [5, 5.41) is 3.11. The normalized spacial score (nSPS) is 20.1. The fraction of sp³-hybridized carbons (Fsp3) is 0.174. The first kappa shape index (κ1) is 20.7. The van der Waals surface area contributed by atoms with Gasteiger partial charge in [-0.25, -0.2) is 9.78 Å². The number of esters is 1. The van der Waals surface area contributed by atoms with Crippen LogP contribution in [0.2, 0.25) is 0 Å². The Bertz CT molecular complexity index is 1120. The van der Waals surface area contributed by atoms with Gasteiger partial charge in [-0.1, -0.05) is 72.3 Å². The summed E-state index contributed by atoms with van der Waals surface area (Å²) >= 11 is 7.92. The van der Waals surface area contributed by atoms with Gasteiger partial charge in [-0.15, -0.1) is 11.8 Å². The van der Waals surface area contributed by atoms with E-state index < -0.39 is 18.1 Å². The number of aromatic amines is 1. The SMILES string of the molecule is O=C(OC(c1ccccc1)c1ccccc1)C1=C(Cl)CS[C@@H]2C(Nc3ncc[nH]3)C(=O)N12. The molecule has 1 fully saturated rings. The maximum atomic E-state index is 13.3. The fourth-order valence-electron chi connectivity index (χ4n) is 3.81. The van der Waals surface area contributed by atoms with Gasteiger partial charge >= 0.3 is 5.97 Å². The lowest BCUT2D eigenvalue weighted by molar-refractivity contribution is -0.152. The molecular formula is C23H19ClN4O3S. The molecular weight excluding hydrogens is 448 g/mol. The fourth-order valence-corrected chi connectivity index (χ4v) is 5.36. The van der Waals surface area contributed by atoms with E-state index in [0.29, 0.717) is 16.7 Å². The number of rotatable bonds is 6. The molecule has 2 aliphatic heterocycles. The van der Waals surface area contributed by atoms with Crippen LogP contribution >= 0.6 is 23.4 Å². The molecule has 1 saturated heterocycles.